The van der Waals surface area contributed by atoms with Crippen LogP contribution in [-0.2, 0) is 0 Å². The summed E-state index contributed by atoms with van der Waals surface area (Å²) >= 11 is 1.79. The van der Waals surface area contributed by atoms with Crippen LogP contribution < -0.4 is 10.6 Å². The first-order chi connectivity index (χ1) is 10.3. The molecule has 2 aliphatic heterocycles. The predicted octanol–water partition coefficient (Wildman–Crippen LogP) is 2.56. The van der Waals surface area contributed by atoms with Crippen molar-refractivity contribution in [1.82, 2.24) is 14.6 Å². The summed E-state index contributed by atoms with van der Waals surface area (Å²) in [7, 11) is 0. The van der Waals surface area contributed by atoms with Crippen LogP contribution in [-0.4, -0.2) is 33.4 Å². The molecule has 4 heterocycles. The van der Waals surface area contributed by atoms with Crippen LogP contribution in [0.2, 0.25) is 0 Å². The summed E-state index contributed by atoms with van der Waals surface area (Å²) in [4.78, 5) is 7.11. The van der Waals surface area contributed by atoms with Gasteiger partial charge in [0.25, 0.3) is 0 Å². The van der Waals surface area contributed by atoms with Crippen LogP contribution in [0.25, 0.3) is 11.2 Å². The Bertz CT molecular complexity index is 740. The molecule has 2 N–H and O–H groups in total. The molecule has 0 aromatic carbocycles. The van der Waals surface area contributed by atoms with E-state index in [1.54, 1.807) is 16.3 Å². The third-order valence-corrected chi connectivity index (χ3v) is 4.73. The van der Waals surface area contributed by atoms with Gasteiger partial charge in [0, 0.05) is 30.5 Å². The van der Waals surface area contributed by atoms with Gasteiger partial charge in [0.05, 0.1) is 6.20 Å². The Morgan fingerprint density at radius 2 is 2.10 bits per heavy atom. The summed E-state index contributed by atoms with van der Waals surface area (Å²) in [6, 6.07) is 1.93. The van der Waals surface area contributed by atoms with Crippen LogP contribution in [0.1, 0.15) is 18.4 Å². The largest absolute Gasteiger partial charge is 0.383 e. The van der Waals surface area contributed by atoms with Crippen molar-refractivity contribution < 1.29 is 0 Å². The zero-order chi connectivity index (χ0) is 14.2. The van der Waals surface area contributed by atoms with Crippen molar-refractivity contribution in [2.24, 2.45) is 0 Å². The number of nitrogens with zero attached hydrogens (tertiary/aromatic N) is 4. The number of nitrogen functional groups attached to an aromatic ring is 1. The minimum atomic E-state index is 0.640. The highest BCUT2D eigenvalue weighted by atomic mass is 32.2. The number of nitrogens with two attached hydrogens (primary N) is 1. The molecule has 0 radical (unpaired) electrons. The third kappa shape index (κ3) is 2.19. The molecular weight excluding hydrogens is 282 g/mol. The Labute approximate surface area is 127 Å². The molecule has 0 atom stereocenters. The van der Waals surface area contributed by atoms with Crippen LogP contribution in [0.3, 0.4) is 0 Å². The molecule has 2 aromatic heterocycles. The van der Waals surface area contributed by atoms with Crippen molar-refractivity contribution in [2.75, 3.05) is 29.5 Å². The second-order valence-corrected chi connectivity index (χ2v) is 6.24. The molecule has 0 aliphatic carbocycles. The van der Waals surface area contributed by atoms with Crippen LogP contribution >= 0.6 is 11.8 Å². The van der Waals surface area contributed by atoms with Crippen molar-refractivity contribution in [1.29, 1.82) is 0 Å². The van der Waals surface area contributed by atoms with E-state index in [0.29, 0.717) is 5.82 Å². The van der Waals surface area contributed by atoms with Gasteiger partial charge in [-0.3, -0.25) is 0 Å². The number of thioether (sulfide) groups is 1. The zero-order valence-corrected chi connectivity index (χ0v) is 12.5. The maximum atomic E-state index is 6.16. The number of rotatable bonds is 2. The molecule has 1 saturated heterocycles. The molecule has 4 rings (SSSR count). The second-order valence-electron chi connectivity index (χ2n) is 5.34. The third-order valence-electron chi connectivity index (χ3n) is 3.93. The van der Waals surface area contributed by atoms with E-state index < -0.39 is 0 Å². The highest BCUT2D eigenvalue weighted by Gasteiger charge is 2.18. The fraction of sp³-hybridized carbons (Fsp3) is 0.333. The van der Waals surface area contributed by atoms with Crippen LogP contribution in [0, 0.1) is 0 Å². The van der Waals surface area contributed by atoms with E-state index in [4.69, 9.17) is 10.7 Å². The lowest BCUT2D eigenvalue weighted by molar-refractivity contribution is 0.906. The summed E-state index contributed by atoms with van der Waals surface area (Å²) in [5.41, 5.74) is 9.21. The number of hydrogen-bond acceptors (Lipinski definition) is 5. The normalized spacial score (nSPS) is 18.5. The van der Waals surface area contributed by atoms with E-state index in [9.17, 15) is 0 Å². The molecule has 0 unspecified atom stereocenters. The van der Waals surface area contributed by atoms with Crippen molar-refractivity contribution in [3.8, 4) is 0 Å². The SMILES string of the molecule is Nc1cc(N2CCCC2)nc2c(C3=CSCC=C3)cnn12. The minimum absolute atomic E-state index is 0.640. The first-order valence-electron chi connectivity index (χ1n) is 7.21. The molecule has 1 fully saturated rings. The number of allylic oxidation sites excluding steroid dienone is 2. The molecule has 21 heavy (non-hydrogen) atoms. The van der Waals surface area contributed by atoms with Gasteiger partial charge in [0.1, 0.15) is 11.6 Å². The van der Waals surface area contributed by atoms with E-state index in [2.05, 4.69) is 27.6 Å². The van der Waals surface area contributed by atoms with E-state index in [0.717, 1.165) is 41.4 Å². The monoisotopic (exact) mass is 299 g/mol. The molecule has 6 heteroatoms. The quantitative estimate of drug-likeness (QED) is 0.923. The van der Waals surface area contributed by atoms with Crippen LogP contribution in [0.15, 0.2) is 29.8 Å². The lowest BCUT2D eigenvalue weighted by atomic mass is 10.1. The van der Waals surface area contributed by atoms with Gasteiger partial charge in [0.15, 0.2) is 5.65 Å². The topological polar surface area (TPSA) is 59.5 Å². The maximum absolute atomic E-state index is 6.16. The van der Waals surface area contributed by atoms with Gasteiger partial charge in [-0.1, -0.05) is 12.2 Å². The Balaban J connectivity index is 1.85. The van der Waals surface area contributed by atoms with Gasteiger partial charge in [-0.05, 0) is 23.8 Å². The Hall–Kier alpha value is -1.95. The van der Waals surface area contributed by atoms with Crippen molar-refractivity contribution in [3.05, 3.63) is 35.4 Å². The highest BCUT2D eigenvalue weighted by molar-refractivity contribution is 8.02. The molecule has 2 aliphatic rings. The van der Waals surface area contributed by atoms with E-state index in [-0.39, 0.29) is 0 Å². The summed E-state index contributed by atoms with van der Waals surface area (Å²) < 4.78 is 1.73. The van der Waals surface area contributed by atoms with E-state index >= 15 is 0 Å². The minimum Gasteiger partial charge on any atom is -0.383 e. The lowest BCUT2D eigenvalue weighted by Crippen LogP contribution is -2.20. The summed E-state index contributed by atoms with van der Waals surface area (Å²) in [6.07, 6.45) is 8.60. The number of aromatic nitrogens is 3. The average molecular weight is 299 g/mol. The second kappa shape index (κ2) is 5.11. The molecule has 0 amide bonds. The zero-order valence-electron chi connectivity index (χ0n) is 11.7. The van der Waals surface area contributed by atoms with Gasteiger partial charge in [-0.2, -0.15) is 9.61 Å². The van der Waals surface area contributed by atoms with Crippen molar-refractivity contribution in [3.63, 3.8) is 0 Å². The summed E-state index contributed by atoms with van der Waals surface area (Å²) in [5.74, 6) is 2.63. The number of anilines is 2. The summed E-state index contributed by atoms with van der Waals surface area (Å²) in [5, 5.41) is 6.55. The molecule has 108 valence electrons. The predicted molar refractivity (Wildman–Crippen MR) is 88.4 cm³/mol. The molecule has 0 spiro atoms. The van der Waals surface area contributed by atoms with Gasteiger partial charge >= 0.3 is 0 Å². The van der Waals surface area contributed by atoms with E-state index in [1.165, 1.54) is 12.8 Å². The van der Waals surface area contributed by atoms with E-state index in [1.807, 2.05) is 12.3 Å². The fourth-order valence-electron chi connectivity index (χ4n) is 2.85. The number of fused-ring (bicyclic) bond motifs is 1. The molecular formula is C15H17N5S. The Kier molecular flexibility index (Phi) is 3.11. The number of hydrogen-bond donors (Lipinski definition) is 1. The smallest absolute Gasteiger partial charge is 0.167 e. The van der Waals surface area contributed by atoms with Crippen LogP contribution in [0.4, 0.5) is 11.6 Å². The standard InChI is InChI=1S/C15H17N5S/c16-13-8-14(19-5-1-2-6-19)18-15-12(9-17-20(13)15)11-4-3-7-21-10-11/h3-4,8-10H,1-2,5-7,16H2. The van der Waals surface area contributed by atoms with Gasteiger partial charge < -0.3 is 10.6 Å². The summed E-state index contributed by atoms with van der Waals surface area (Å²) in [6.45, 7) is 2.12. The first kappa shape index (κ1) is 12.8. The highest BCUT2D eigenvalue weighted by Crippen LogP contribution is 2.29. The maximum Gasteiger partial charge on any atom is 0.167 e. The van der Waals surface area contributed by atoms with Crippen LogP contribution in [0.5, 0.6) is 0 Å². The Morgan fingerprint density at radius 1 is 1.24 bits per heavy atom. The van der Waals surface area contributed by atoms with Crippen molar-refractivity contribution in [2.45, 2.75) is 12.8 Å². The van der Waals surface area contributed by atoms with Gasteiger partial charge in [-0.15, -0.1) is 11.8 Å². The van der Waals surface area contributed by atoms with Gasteiger partial charge in [0.2, 0.25) is 0 Å². The van der Waals surface area contributed by atoms with Gasteiger partial charge in [-0.25, -0.2) is 4.98 Å². The molecule has 2 aromatic rings. The molecule has 0 saturated carbocycles. The fourth-order valence-corrected chi connectivity index (χ4v) is 3.53. The lowest BCUT2D eigenvalue weighted by Gasteiger charge is -2.17. The average Bonchev–Trinajstić information content (AvgIpc) is 3.18. The molecule has 5 nitrogen and oxygen atoms in total. The first-order valence-corrected chi connectivity index (χ1v) is 8.26. The van der Waals surface area contributed by atoms with Crippen molar-refractivity contribution >= 4 is 34.6 Å². The Morgan fingerprint density at radius 3 is 2.86 bits per heavy atom. The molecule has 0 bridgehead atoms.